The number of amides is 1. The molecule has 0 aromatic heterocycles. The third kappa shape index (κ3) is 5.56. The highest BCUT2D eigenvalue weighted by Crippen LogP contribution is 2.29. The van der Waals surface area contributed by atoms with Gasteiger partial charge in [0, 0.05) is 24.7 Å². The molecule has 1 aromatic rings. The molecule has 1 aromatic carbocycles. The first kappa shape index (κ1) is 16.1. The third-order valence-electron chi connectivity index (χ3n) is 3.88. The lowest BCUT2D eigenvalue weighted by Crippen LogP contribution is -2.15. The Hall–Kier alpha value is -1.26. The second-order valence-corrected chi connectivity index (χ2v) is 6.02. The fraction of sp³-hybridized carbons (Fsp3) is 0.562. The van der Waals surface area contributed by atoms with Gasteiger partial charge in [-0.15, -0.1) is 0 Å². The maximum Gasteiger partial charge on any atom is 0.224 e. The van der Waals surface area contributed by atoms with Crippen molar-refractivity contribution in [1.29, 1.82) is 0 Å². The summed E-state index contributed by atoms with van der Waals surface area (Å²) >= 11 is 5.88. The first-order valence-corrected chi connectivity index (χ1v) is 7.95. The molecule has 0 bridgehead atoms. The summed E-state index contributed by atoms with van der Waals surface area (Å²) in [5, 5.41) is 3.33. The first-order chi connectivity index (χ1) is 10.1. The second kappa shape index (κ2) is 8.25. The van der Waals surface area contributed by atoms with Gasteiger partial charge in [0.25, 0.3) is 0 Å². The van der Waals surface area contributed by atoms with Crippen LogP contribution >= 0.6 is 11.6 Å². The number of halogens is 1. The average Bonchev–Trinajstić information content (AvgIpc) is 2.40. The zero-order valence-electron chi connectivity index (χ0n) is 12.2. The molecule has 0 aliphatic heterocycles. The van der Waals surface area contributed by atoms with Crippen molar-refractivity contribution in [3.63, 3.8) is 0 Å². The summed E-state index contributed by atoms with van der Waals surface area (Å²) in [4.78, 5) is 11.8. The van der Waals surface area contributed by atoms with Gasteiger partial charge in [0.05, 0.1) is 11.4 Å². The van der Waals surface area contributed by atoms with E-state index in [-0.39, 0.29) is 5.91 Å². The highest BCUT2D eigenvalue weighted by Gasteiger charge is 2.16. The summed E-state index contributed by atoms with van der Waals surface area (Å²) in [7, 11) is 0. The topological polar surface area (TPSA) is 64.3 Å². The Morgan fingerprint density at radius 1 is 1.38 bits per heavy atom. The Morgan fingerprint density at radius 3 is 2.90 bits per heavy atom. The summed E-state index contributed by atoms with van der Waals surface area (Å²) in [6.07, 6.45) is 6.38. The molecule has 1 saturated carbocycles. The average molecular weight is 311 g/mol. The summed E-state index contributed by atoms with van der Waals surface area (Å²) in [5.74, 6) is 0.811. The molecule has 0 spiro atoms. The van der Waals surface area contributed by atoms with E-state index in [1.54, 1.807) is 18.2 Å². The largest absolute Gasteiger partial charge is 0.397 e. The van der Waals surface area contributed by atoms with Gasteiger partial charge in [-0.1, -0.05) is 30.9 Å². The zero-order chi connectivity index (χ0) is 15.1. The van der Waals surface area contributed by atoms with Crippen LogP contribution < -0.4 is 11.1 Å². The molecule has 1 fully saturated rings. The normalized spacial score (nSPS) is 14.7. The number of nitrogens with two attached hydrogens (primary N) is 1. The van der Waals surface area contributed by atoms with E-state index in [2.05, 4.69) is 5.32 Å². The Morgan fingerprint density at radius 2 is 2.19 bits per heavy atom. The molecule has 1 aliphatic carbocycles. The summed E-state index contributed by atoms with van der Waals surface area (Å²) in [6.45, 7) is 1.44. The van der Waals surface area contributed by atoms with Crippen LogP contribution in [0.4, 0.5) is 11.4 Å². The van der Waals surface area contributed by atoms with E-state index < -0.39 is 0 Å². The molecular formula is C16H23ClN2O2. The molecule has 2 rings (SSSR count). The molecule has 21 heavy (non-hydrogen) atoms. The van der Waals surface area contributed by atoms with Crippen molar-refractivity contribution in [2.24, 2.45) is 5.92 Å². The summed E-state index contributed by atoms with van der Waals surface area (Å²) in [5.41, 5.74) is 6.87. The molecule has 0 radical (unpaired) electrons. The summed E-state index contributed by atoms with van der Waals surface area (Å²) < 4.78 is 5.56. The van der Waals surface area contributed by atoms with Gasteiger partial charge in [0.2, 0.25) is 5.91 Å². The molecule has 0 atom stereocenters. The van der Waals surface area contributed by atoms with Gasteiger partial charge >= 0.3 is 0 Å². The molecule has 3 N–H and O–H groups in total. The van der Waals surface area contributed by atoms with Crippen molar-refractivity contribution in [3.8, 4) is 0 Å². The quantitative estimate of drug-likeness (QED) is 0.566. The molecule has 1 aliphatic rings. The van der Waals surface area contributed by atoms with Gasteiger partial charge < -0.3 is 15.8 Å². The molecular weight excluding hydrogens is 288 g/mol. The van der Waals surface area contributed by atoms with Crippen molar-refractivity contribution >= 4 is 28.9 Å². The number of nitrogens with one attached hydrogen (secondary N) is 1. The van der Waals surface area contributed by atoms with Crippen LogP contribution in [-0.4, -0.2) is 19.1 Å². The van der Waals surface area contributed by atoms with Gasteiger partial charge in [-0.05, 0) is 37.0 Å². The lowest BCUT2D eigenvalue weighted by Gasteiger charge is -2.24. The number of hydrogen-bond donors (Lipinski definition) is 2. The van der Waals surface area contributed by atoms with Gasteiger partial charge in [-0.2, -0.15) is 0 Å². The predicted octanol–water partition coefficient (Wildman–Crippen LogP) is 3.85. The van der Waals surface area contributed by atoms with Crippen LogP contribution in [0.2, 0.25) is 5.02 Å². The highest BCUT2D eigenvalue weighted by molar-refractivity contribution is 6.31. The number of rotatable bonds is 8. The lowest BCUT2D eigenvalue weighted by molar-refractivity contribution is -0.116. The third-order valence-corrected chi connectivity index (χ3v) is 4.11. The minimum Gasteiger partial charge on any atom is -0.397 e. The fourth-order valence-corrected chi connectivity index (χ4v) is 2.49. The van der Waals surface area contributed by atoms with Crippen molar-refractivity contribution < 1.29 is 9.53 Å². The number of anilines is 2. The minimum absolute atomic E-state index is 0.0634. The van der Waals surface area contributed by atoms with Crippen molar-refractivity contribution in [2.45, 2.75) is 38.5 Å². The van der Waals surface area contributed by atoms with Crippen LogP contribution in [0.3, 0.4) is 0 Å². The lowest BCUT2D eigenvalue weighted by atomic mass is 9.83. The fourth-order valence-electron chi connectivity index (χ4n) is 2.32. The van der Waals surface area contributed by atoms with E-state index in [0.29, 0.717) is 29.4 Å². The standard InChI is InChI=1S/C16H23ClN2O2/c17-13-6-7-14(18)15(11-13)19-16(20)5-2-9-21-10-8-12-3-1-4-12/h6-7,11-12H,1-5,8-10,18H2,(H,19,20). The van der Waals surface area contributed by atoms with Crippen LogP contribution in [0.25, 0.3) is 0 Å². The Balaban J connectivity index is 1.57. The Bertz CT molecular complexity index is 475. The first-order valence-electron chi connectivity index (χ1n) is 7.58. The molecule has 0 heterocycles. The van der Waals surface area contributed by atoms with Crippen molar-refractivity contribution in [1.82, 2.24) is 0 Å². The van der Waals surface area contributed by atoms with Gasteiger partial charge in [0.1, 0.15) is 0 Å². The smallest absolute Gasteiger partial charge is 0.224 e. The number of carbonyl (C=O) groups excluding carboxylic acids is 1. The van der Waals surface area contributed by atoms with Crippen LogP contribution in [0.1, 0.15) is 38.5 Å². The molecule has 0 saturated heterocycles. The minimum atomic E-state index is -0.0634. The molecule has 0 unspecified atom stereocenters. The van der Waals surface area contributed by atoms with Crippen LogP contribution in [-0.2, 0) is 9.53 Å². The number of hydrogen-bond acceptors (Lipinski definition) is 3. The van der Waals surface area contributed by atoms with Gasteiger partial charge in [-0.25, -0.2) is 0 Å². The molecule has 4 nitrogen and oxygen atoms in total. The van der Waals surface area contributed by atoms with Crippen LogP contribution in [0.15, 0.2) is 18.2 Å². The van der Waals surface area contributed by atoms with E-state index in [1.165, 1.54) is 19.3 Å². The summed E-state index contributed by atoms with van der Waals surface area (Å²) in [6, 6.07) is 5.04. The van der Waals surface area contributed by atoms with E-state index >= 15 is 0 Å². The number of benzene rings is 1. The zero-order valence-corrected chi connectivity index (χ0v) is 13.0. The van der Waals surface area contributed by atoms with E-state index in [4.69, 9.17) is 22.1 Å². The Kier molecular flexibility index (Phi) is 6.33. The van der Waals surface area contributed by atoms with Crippen LogP contribution in [0.5, 0.6) is 0 Å². The predicted molar refractivity (Wildman–Crippen MR) is 86.5 cm³/mol. The Labute approximate surface area is 131 Å². The molecule has 116 valence electrons. The maximum atomic E-state index is 11.8. The van der Waals surface area contributed by atoms with Gasteiger partial charge in [-0.3, -0.25) is 4.79 Å². The van der Waals surface area contributed by atoms with Crippen molar-refractivity contribution in [2.75, 3.05) is 24.3 Å². The van der Waals surface area contributed by atoms with E-state index in [0.717, 1.165) is 25.4 Å². The maximum absolute atomic E-state index is 11.8. The van der Waals surface area contributed by atoms with Crippen molar-refractivity contribution in [3.05, 3.63) is 23.2 Å². The number of carbonyl (C=O) groups is 1. The molecule has 1 amide bonds. The van der Waals surface area contributed by atoms with E-state index in [1.807, 2.05) is 0 Å². The SMILES string of the molecule is Nc1ccc(Cl)cc1NC(=O)CCCOCCC1CCC1. The van der Waals surface area contributed by atoms with Crippen LogP contribution in [0, 0.1) is 5.92 Å². The van der Waals surface area contributed by atoms with E-state index in [9.17, 15) is 4.79 Å². The molecule has 5 heteroatoms. The number of ether oxygens (including phenoxy) is 1. The monoisotopic (exact) mass is 310 g/mol. The van der Waals surface area contributed by atoms with Gasteiger partial charge in [0.15, 0.2) is 0 Å². The number of nitrogen functional groups attached to an aromatic ring is 1. The second-order valence-electron chi connectivity index (χ2n) is 5.58. The highest BCUT2D eigenvalue weighted by atomic mass is 35.5.